The minimum Gasteiger partial charge on any atom is -0.494 e. The number of carbonyl (C=O) groups excluding carboxylic acids is 1. The van der Waals surface area contributed by atoms with Crippen molar-refractivity contribution in [2.75, 3.05) is 45.8 Å². The number of thiazole rings is 1. The predicted molar refractivity (Wildman–Crippen MR) is 114 cm³/mol. The highest BCUT2D eigenvalue weighted by molar-refractivity contribution is 7.22. The summed E-state index contributed by atoms with van der Waals surface area (Å²) in [4.78, 5) is 21.5. The summed E-state index contributed by atoms with van der Waals surface area (Å²) in [6.45, 7) is 1.44. The van der Waals surface area contributed by atoms with Crippen molar-refractivity contribution in [3.63, 3.8) is 0 Å². The molecule has 0 saturated heterocycles. The Morgan fingerprint density at radius 1 is 1.07 bits per heavy atom. The number of aromatic nitrogens is 1. The fraction of sp³-hybridized carbons (Fsp3) is 0.333. The standard InChI is InChI=1S/C21H25N3O3S/c1-23(2)13-8-14-24(19(25)15-27-16-9-5-4-6-10-16)21-22-20-17(26-3)11-7-12-18(20)28-21/h4-7,9-12H,8,13-15H2,1-3H3. The molecule has 0 aliphatic rings. The van der Waals surface area contributed by atoms with Gasteiger partial charge in [-0.1, -0.05) is 35.6 Å². The quantitative estimate of drug-likeness (QED) is 0.550. The van der Waals surface area contributed by atoms with E-state index >= 15 is 0 Å². The number of anilines is 1. The zero-order chi connectivity index (χ0) is 19.9. The average molecular weight is 400 g/mol. The summed E-state index contributed by atoms with van der Waals surface area (Å²) >= 11 is 1.49. The lowest BCUT2D eigenvalue weighted by atomic mass is 10.3. The van der Waals surface area contributed by atoms with E-state index in [0.717, 1.165) is 23.2 Å². The number of methoxy groups -OCH3 is 1. The summed E-state index contributed by atoms with van der Waals surface area (Å²) in [5, 5.41) is 0.667. The van der Waals surface area contributed by atoms with Crippen molar-refractivity contribution in [3.05, 3.63) is 48.5 Å². The molecule has 0 spiro atoms. The van der Waals surface area contributed by atoms with Gasteiger partial charge < -0.3 is 14.4 Å². The van der Waals surface area contributed by atoms with E-state index in [0.29, 0.717) is 23.2 Å². The van der Waals surface area contributed by atoms with E-state index in [9.17, 15) is 4.79 Å². The number of nitrogens with zero attached hydrogens (tertiary/aromatic N) is 3. The van der Waals surface area contributed by atoms with Gasteiger partial charge in [-0.25, -0.2) is 4.98 Å². The van der Waals surface area contributed by atoms with Crippen molar-refractivity contribution in [3.8, 4) is 11.5 Å². The zero-order valence-electron chi connectivity index (χ0n) is 16.4. The monoisotopic (exact) mass is 399 g/mol. The van der Waals surface area contributed by atoms with Crippen LogP contribution in [-0.2, 0) is 4.79 Å². The number of hydrogen-bond acceptors (Lipinski definition) is 6. The summed E-state index contributed by atoms with van der Waals surface area (Å²) in [7, 11) is 5.67. The molecule has 148 valence electrons. The second kappa shape index (κ2) is 9.52. The molecule has 2 aromatic carbocycles. The first-order chi connectivity index (χ1) is 13.6. The second-order valence-electron chi connectivity index (χ2n) is 6.61. The molecule has 0 bridgehead atoms. The summed E-state index contributed by atoms with van der Waals surface area (Å²) < 4.78 is 12.1. The van der Waals surface area contributed by atoms with Crippen LogP contribution in [0.3, 0.4) is 0 Å². The van der Waals surface area contributed by atoms with E-state index in [-0.39, 0.29) is 12.5 Å². The molecule has 6 nitrogen and oxygen atoms in total. The molecule has 0 aliphatic heterocycles. The maximum atomic E-state index is 12.9. The number of benzene rings is 2. The maximum Gasteiger partial charge on any atom is 0.266 e. The van der Waals surface area contributed by atoms with E-state index in [2.05, 4.69) is 9.88 Å². The third-order valence-electron chi connectivity index (χ3n) is 4.22. The van der Waals surface area contributed by atoms with Crippen LogP contribution in [0.15, 0.2) is 48.5 Å². The molecule has 28 heavy (non-hydrogen) atoms. The van der Waals surface area contributed by atoms with Gasteiger partial charge in [0.25, 0.3) is 5.91 Å². The second-order valence-corrected chi connectivity index (χ2v) is 7.62. The zero-order valence-corrected chi connectivity index (χ0v) is 17.2. The molecule has 1 aromatic heterocycles. The van der Waals surface area contributed by atoms with Crippen LogP contribution in [-0.4, -0.2) is 56.7 Å². The van der Waals surface area contributed by atoms with Gasteiger partial charge in [-0.3, -0.25) is 9.69 Å². The summed E-state index contributed by atoms with van der Waals surface area (Å²) in [5.41, 5.74) is 0.777. The Morgan fingerprint density at radius 2 is 1.86 bits per heavy atom. The number of rotatable bonds is 9. The van der Waals surface area contributed by atoms with Crippen molar-refractivity contribution >= 4 is 32.6 Å². The number of hydrogen-bond donors (Lipinski definition) is 0. The molecule has 0 fully saturated rings. The minimum absolute atomic E-state index is 0.0287. The molecule has 0 radical (unpaired) electrons. The van der Waals surface area contributed by atoms with Gasteiger partial charge in [0.2, 0.25) is 0 Å². The van der Waals surface area contributed by atoms with Gasteiger partial charge in [0.15, 0.2) is 11.7 Å². The Bertz CT molecular complexity index is 912. The smallest absolute Gasteiger partial charge is 0.266 e. The highest BCUT2D eigenvalue weighted by Crippen LogP contribution is 2.34. The third kappa shape index (κ3) is 4.99. The molecule has 3 aromatic rings. The number of fused-ring (bicyclic) bond motifs is 1. The van der Waals surface area contributed by atoms with Gasteiger partial charge in [-0.2, -0.15) is 0 Å². The lowest BCUT2D eigenvalue weighted by molar-refractivity contribution is -0.120. The third-order valence-corrected chi connectivity index (χ3v) is 5.26. The molecule has 1 heterocycles. The normalized spacial score (nSPS) is 11.0. The fourth-order valence-corrected chi connectivity index (χ4v) is 3.83. The summed E-state index contributed by atoms with van der Waals surface area (Å²) in [6, 6.07) is 15.2. The minimum atomic E-state index is -0.111. The predicted octanol–water partition coefficient (Wildman–Crippen LogP) is 3.67. The largest absolute Gasteiger partial charge is 0.494 e. The van der Waals surface area contributed by atoms with Crippen LogP contribution in [0.5, 0.6) is 11.5 Å². The summed E-state index contributed by atoms with van der Waals surface area (Å²) in [5.74, 6) is 1.27. The Hall–Kier alpha value is -2.64. The van der Waals surface area contributed by atoms with Crippen LogP contribution in [0.1, 0.15) is 6.42 Å². The summed E-state index contributed by atoms with van der Waals surface area (Å²) in [6.07, 6.45) is 0.844. The number of para-hydroxylation sites is 2. The Balaban J connectivity index is 1.80. The van der Waals surface area contributed by atoms with Gasteiger partial charge >= 0.3 is 0 Å². The molecule has 3 rings (SSSR count). The molecule has 0 atom stereocenters. The van der Waals surface area contributed by atoms with Crippen LogP contribution >= 0.6 is 11.3 Å². The number of carbonyl (C=O) groups is 1. The Kier molecular flexibility index (Phi) is 6.84. The van der Waals surface area contributed by atoms with Crippen molar-refractivity contribution in [1.82, 2.24) is 9.88 Å². The average Bonchev–Trinajstić information content (AvgIpc) is 3.14. The molecule has 0 unspecified atom stereocenters. The van der Waals surface area contributed by atoms with Crippen LogP contribution in [0.4, 0.5) is 5.13 Å². The van der Waals surface area contributed by atoms with Gasteiger partial charge in [0.05, 0.1) is 11.8 Å². The number of ether oxygens (including phenoxy) is 2. The van der Waals surface area contributed by atoms with E-state index in [1.54, 1.807) is 12.0 Å². The molecule has 0 saturated carbocycles. The van der Waals surface area contributed by atoms with Gasteiger partial charge in [0, 0.05) is 6.54 Å². The van der Waals surface area contributed by atoms with Crippen LogP contribution < -0.4 is 14.4 Å². The molecule has 0 aliphatic carbocycles. The van der Waals surface area contributed by atoms with E-state index < -0.39 is 0 Å². The van der Waals surface area contributed by atoms with E-state index in [1.807, 2.05) is 62.6 Å². The van der Waals surface area contributed by atoms with Crippen molar-refractivity contribution in [2.24, 2.45) is 0 Å². The number of amides is 1. The Labute approximate surface area is 169 Å². The van der Waals surface area contributed by atoms with Crippen molar-refractivity contribution in [1.29, 1.82) is 0 Å². The lowest BCUT2D eigenvalue weighted by Crippen LogP contribution is -2.36. The first-order valence-electron chi connectivity index (χ1n) is 9.15. The molecule has 1 amide bonds. The van der Waals surface area contributed by atoms with Gasteiger partial charge in [-0.15, -0.1) is 0 Å². The molecular weight excluding hydrogens is 374 g/mol. The van der Waals surface area contributed by atoms with Crippen molar-refractivity contribution < 1.29 is 14.3 Å². The van der Waals surface area contributed by atoms with E-state index in [1.165, 1.54) is 11.3 Å². The van der Waals surface area contributed by atoms with E-state index in [4.69, 9.17) is 9.47 Å². The van der Waals surface area contributed by atoms with Crippen LogP contribution in [0, 0.1) is 0 Å². The highest BCUT2D eigenvalue weighted by Gasteiger charge is 2.21. The van der Waals surface area contributed by atoms with Gasteiger partial charge in [0.1, 0.15) is 17.0 Å². The first-order valence-corrected chi connectivity index (χ1v) is 9.96. The SMILES string of the molecule is COc1cccc2sc(N(CCCN(C)C)C(=O)COc3ccccc3)nc12. The topological polar surface area (TPSA) is 54.9 Å². The molecule has 7 heteroatoms. The highest BCUT2D eigenvalue weighted by atomic mass is 32.1. The molecular formula is C21H25N3O3S. The Morgan fingerprint density at radius 3 is 2.57 bits per heavy atom. The molecule has 0 N–H and O–H groups in total. The maximum absolute atomic E-state index is 12.9. The lowest BCUT2D eigenvalue weighted by Gasteiger charge is -2.21. The van der Waals surface area contributed by atoms with Crippen molar-refractivity contribution in [2.45, 2.75) is 6.42 Å². The van der Waals surface area contributed by atoms with Gasteiger partial charge in [-0.05, 0) is 51.3 Å². The fourth-order valence-electron chi connectivity index (χ4n) is 2.80. The first kappa shape index (κ1) is 20.1. The van der Waals surface area contributed by atoms with Crippen LogP contribution in [0.2, 0.25) is 0 Å². The van der Waals surface area contributed by atoms with Crippen LogP contribution in [0.25, 0.3) is 10.2 Å².